The van der Waals surface area contributed by atoms with Crippen LogP contribution in [-0.4, -0.2) is 43.8 Å². The number of rotatable bonds is 10. The van der Waals surface area contributed by atoms with Crippen molar-refractivity contribution in [1.82, 2.24) is 9.80 Å². The number of aryl methyl sites for hydroxylation is 2. The van der Waals surface area contributed by atoms with Gasteiger partial charge in [-0.15, -0.1) is 12.4 Å². The topological polar surface area (TPSA) is 23.6 Å². The normalized spacial score (nSPS) is 11.1. The average Bonchev–Trinajstić information content (AvgIpc) is 3.08. The molecule has 0 saturated heterocycles. The van der Waals surface area contributed by atoms with Crippen molar-refractivity contribution in [3.8, 4) is 44.5 Å². The number of hydrogen-bond donors (Lipinski definition) is 0. The Labute approximate surface area is 298 Å². The lowest BCUT2D eigenvalue weighted by Gasteiger charge is -2.17. The number of ketones is 1. The van der Waals surface area contributed by atoms with Crippen LogP contribution in [0.4, 0.5) is 0 Å². The summed E-state index contributed by atoms with van der Waals surface area (Å²) in [5, 5.41) is 0. The highest BCUT2D eigenvalue weighted by molar-refractivity contribution is 6.11. The van der Waals surface area contributed by atoms with E-state index in [-0.39, 0.29) is 18.2 Å². The second-order valence-electron chi connectivity index (χ2n) is 13.3. The van der Waals surface area contributed by atoms with Gasteiger partial charge in [0.15, 0.2) is 5.78 Å². The molecule has 0 aliphatic carbocycles. The molecule has 248 valence electrons. The Balaban J connectivity index is 0.00000468. The maximum absolute atomic E-state index is 14.4. The first-order valence-corrected chi connectivity index (χ1v) is 16.6. The third kappa shape index (κ3) is 8.09. The molecule has 0 heterocycles. The zero-order chi connectivity index (χ0) is 33.8. The van der Waals surface area contributed by atoms with Crippen LogP contribution < -0.4 is 0 Å². The first kappa shape index (κ1) is 35.5. The largest absolute Gasteiger partial charge is 0.305 e. The van der Waals surface area contributed by atoms with Gasteiger partial charge in [-0.05, 0) is 121 Å². The van der Waals surface area contributed by atoms with Crippen molar-refractivity contribution in [2.24, 2.45) is 0 Å². The fourth-order valence-electron chi connectivity index (χ4n) is 6.55. The Hall–Kier alpha value is -4.80. The summed E-state index contributed by atoms with van der Waals surface area (Å²) in [7, 11) is 8.34. The molecule has 6 rings (SSSR count). The number of nitrogens with zero attached hydrogens (tertiary/aromatic N) is 2. The molecule has 0 saturated carbocycles. The summed E-state index contributed by atoms with van der Waals surface area (Å²) in [5.74, 6) is 0.0143. The van der Waals surface area contributed by atoms with E-state index < -0.39 is 0 Å². The van der Waals surface area contributed by atoms with E-state index in [9.17, 15) is 4.79 Å². The highest BCUT2D eigenvalue weighted by atomic mass is 35.5. The van der Waals surface area contributed by atoms with Crippen molar-refractivity contribution >= 4 is 18.2 Å². The smallest absolute Gasteiger partial charge is 0.193 e. The minimum atomic E-state index is 0. The van der Waals surface area contributed by atoms with Crippen molar-refractivity contribution in [2.75, 3.05) is 28.2 Å². The molecule has 0 aliphatic heterocycles. The van der Waals surface area contributed by atoms with Crippen LogP contribution in [0.5, 0.6) is 0 Å². The van der Waals surface area contributed by atoms with E-state index >= 15 is 0 Å². The molecule has 0 unspecified atom stereocenters. The summed E-state index contributed by atoms with van der Waals surface area (Å²) in [6.07, 6.45) is 0. The Kier molecular flexibility index (Phi) is 11.3. The number of halogens is 1. The highest BCUT2D eigenvalue weighted by Gasteiger charge is 2.18. The van der Waals surface area contributed by atoms with Crippen LogP contribution in [0, 0.1) is 13.8 Å². The number of carbonyl (C=O) groups excluding carboxylic acids is 1. The van der Waals surface area contributed by atoms with Gasteiger partial charge in [-0.25, -0.2) is 0 Å². The van der Waals surface area contributed by atoms with Gasteiger partial charge in [-0.1, -0.05) is 121 Å². The number of benzene rings is 6. The third-order valence-electron chi connectivity index (χ3n) is 8.96. The molecule has 0 aromatic heterocycles. The van der Waals surface area contributed by atoms with Crippen LogP contribution in [0.25, 0.3) is 44.5 Å². The van der Waals surface area contributed by atoms with Gasteiger partial charge < -0.3 is 9.80 Å². The molecule has 0 atom stereocenters. The SMILES string of the molecule is Cc1ccccc1-c1cc(C(=O)c2ccc(-c3ccc(CN(C)C)cc3)c(-c3ccccc3C)c2)ccc1-c1ccc(CN(C)C)cc1.Cl. The van der Waals surface area contributed by atoms with Crippen molar-refractivity contribution < 1.29 is 4.79 Å². The molecule has 0 fully saturated rings. The molecule has 0 bridgehead atoms. The Morgan fingerprint density at radius 3 is 1.16 bits per heavy atom. The Morgan fingerprint density at radius 1 is 0.449 bits per heavy atom. The monoisotopic (exact) mass is 664 g/mol. The first-order valence-electron chi connectivity index (χ1n) is 16.6. The van der Waals surface area contributed by atoms with E-state index in [0.29, 0.717) is 11.1 Å². The lowest BCUT2D eigenvalue weighted by Crippen LogP contribution is -2.10. The molecule has 0 radical (unpaired) electrons. The van der Waals surface area contributed by atoms with E-state index in [0.717, 1.165) is 57.6 Å². The molecule has 0 spiro atoms. The zero-order valence-corrected chi connectivity index (χ0v) is 30.1. The molecular formula is C45H45ClN2O. The van der Waals surface area contributed by atoms with Crippen LogP contribution in [0.15, 0.2) is 133 Å². The molecule has 49 heavy (non-hydrogen) atoms. The summed E-state index contributed by atoms with van der Waals surface area (Å²) in [4.78, 5) is 18.7. The lowest BCUT2D eigenvalue weighted by molar-refractivity contribution is 0.103. The Morgan fingerprint density at radius 2 is 0.816 bits per heavy atom. The maximum Gasteiger partial charge on any atom is 0.193 e. The average molecular weight is 665 g/mol. The van der Waals surface area contributed by atoms with Gasteiger partial charge in [0.05, 0.1) is 0 Å². The highest BCUT2D eigenvalue weighted by Crippen LogP contribution is 2.38. The van der Waals surface area contributed by atoms with Gasteiger partial charge >= 0.3 is 0 Å². The predicted octanol–water partition coefficient (Wildman–Crippen LogP) is 10.7. The van der Waals surface area contributed by atoms with E-state index in [2.05, 4.69) is 173 Å². The number of carbonyl (C=O) groups is 1. The molecule has 3 nitrogen and oxygen atoms in total. The molecule has 0 amide bonds. The predicted molar refractivity (Wildman–Crippen MR) is 210 cm³/mol. The fraction of sp³-hybridized carbons (Fsp3) is 0.178. The van der Waals surface area contributed by atoms with E-state index in [4.69, 9.17) is 0 Å². The quantitative estimate of drug-likeness (QED) is 0.136. The molecular weight excluding hydrogens is 620 g/mol. The summed E-state index contributed by atoms with van der Waals surface area (Å²) in [6.45, 7) is 6.05. The summed E-state index contributed by atoms with van der Waals surface area (Å²) >= 11 is 0. The summed E-state index contributed by atoms with van der Waals surface area (Å²) in [6, 6.07) is 46.7. The summed E-state index contributed by atoms with van der Waals surface area (Å²) < 4.78 is 0. The van der Waals surface area contributed by atoms with Gasteiger partial charge in [-0.2, -0.15) is 0 Å². The fourth-order valence-corrected chi connectivity index (χ4v) is 6.55. The third-order valence-corrected chi connectivity index (χ3v) is 8.96. The van der Waals surface area contributed by atoms with E-state index in [1.54, 1.807) is 0 Å². The summed E-state index contributed by atoms with van der Waals surface area (Å²) in [5.41, 5.74) is 15.1. The van der Waals surface area contributed by atoms with Crippen LogP contribution in [-0.2, 0) is 13.1 Å². The molecule has 6 aromatic carbocycles. The lowest BCUT2D eigenvalue weighted by atomic mass is 9.87. The second kappa shape index (κ2) is 15.6. The Bertz CT molecular complexity index is 1910. The molecule has 0 N–H and O–H groups in total. The van der Waals surface area contributed by atoms with Crippen molar-refractivity contribution in [1.29, 1.82) is 0 Å². The maximum atomic E-state index is 14.4. The van der Waals surface area contributed by atoms with E-state index in [1.807, 2.05) is 12.1 Å². The van der Waals surface area contributed by atoms with Gasteiger partial charge in [0.1, 0.15) is 0 Å². The van der Waals surface area contributed by atoms with E-state index in [1.165, 1.54) is 22.3 Å². The molecule has 4 heteroatoms. The van der Waals surface area contributed by atoms with Crippen LogP contribution in [0.2, 0.25) is 0 Å². The van der Waals surface area contributed by atoms with Gasteiger partial charge in [0, 0.05) is 24.2 Å². The molecule has 0 aliphatic rings. The number of hydrogen-bond acceptors (Lipinski definition) is 3. The van der Waals surface area contributed by atoms with Crippen LogP contribution in [0.3, 0.4) is 0 Å². The van der Waals surface area contributed by atoms with Gasteiger partial charge in [0.25, 0.3) is 0 Å². The first-order chi connectivity index (χ1) is 23.2. The van der Waals surface area contributed by atoms with Crippen LogP contribution in [0.1, 0.15) is 38.2 Å². The van der Waals surface area contributed by atoms with Gasteiger partial charge in [0.2, 0.25) is 0 Å². The van der Waals surface area contributed by atoms with Crippen LogP contribution >= 0.6 is 12.4 Å². The van der Waals surface area contributed by atoms with Crippen molar-refractivity contribution in [3.05, 3.63) is 167 Å². The second-order valence-corrected chi connectivity index (χ2v) is 13.3. The standard InChI is InChI=1S/C45H44N2O.ClH/c1-31-11-7-9-13-39(31)43-27-37(23-25-41(43)35-19-15-33(16-20-35)29-46(3)4)45(48)38-24-26-42(36-21-17-34(18-22-36)30-47(5)6)44(28-38)40-14-10-8-12-32(40)2;/h7-28H,29-30H2,1-6H3;1H. The van der Waals surface area contributed by atoms with Crippen molar-refractivity contribution in [2.45, 2.75) is 26.9 Å². The molecule has 6 aromatic rings. The van der Waals surface area contributed by atoms with Crippen molar-refractivity contribution in [3.63, 3.8) is 0 Å². The minimum absolute atomic E-state index is 0. The zero-order valence-electron chi connectivity index (χ0n) is 29.3. The van der Waals surface area contributed by atoms with Gasteiger partial charge in [-0.3, -0.25) is 4.79 Å². The minimum Gasteiger partial charge on any atom is -0.305 e.